The standard InChI is InChI=1S/C28H18Br2ClN3O4/c1-15-6-4-8-19-23(18-7-2-3-9-21(18)31)25(33-24(15)19)27(35)34-32-14-16-12-17(29)13-20(30)26(16)38-28(36)22-10-5-11-37-22/h2-14,33H,1H3,(H,34,35). The van der Waals surface area contributed by atoms with Gasteiger partial charge in [0.2, 0.25) is 5.76 Å². The number of ether oxygens (including phenoxy) is 1. The summed E-state index contributed by atoms with van der Waals surface area (Å²) in [5.74, 6) is -0.868. The average molecular weight is 656 g/mol. The number of aromatic amines is 1. The van der Waals surface area contributed by atoms with Gasteiger partial charge in [0.1, 0.15) is 5.69 Å². The van der Waals surface area contributed by atoms with Crippen LogP contribution in [0, 0.1) is 6.92 Å². The summed E-state index contributed by atoms with van der Waals surface area (Å²) in [6.07, 6.45) is 2.77. The molecule has 0 aliphatic rings. The fourth-order valence-electron chi connectivity index (χ4n) is 4.02. The molecule has 5 rings (SSSR count). The van der Waals surface area contributed by atoms with Crippen molar-refractivity contribution >= 4 is 72.5 Å². The van der Waals surface area contributed by atoms with Crippen molar-refractivity contribution in [2.45, 2.75) is 6.92 Å². The summed E-state index contributed by atoms with van der Waals surface area (Å²) in [4.78, 5) is 29.1. The number of fused-ring (bicyclic) bond motifs is 1. The van der Waals surface area contributed by atoms with Gasteiger partial charge in [0.15, 0.2) is 5.75 Å². The third-order valence-electron chi connectivity index (χ3n) is 5.74. The molecule has 2 heterocycles. The molecule has 0 saturated carbocycles. The van der Waals surface area contributed by atoms with Crippen LogP contribution in [0.3, 0.4) is 0 Å². The summed E-state index contributed by atoms with van der Waals surface area (Å²) in [6, 6.07) is 19.7. The highest BCUT2D eigenvalue weighted by molar-refractivity contribution is 9.11. The Balaban J connectivity index is 1.47. The molecule has 1 amide bonds. The van der Waals surface area contributed by atoms with Crippen molar-refractivity contribution in [2.24, 2.45) is 5.10 Å². The van der Waals surface area contributed by atoms with Gasteiger partial charge in [-0.25, -0.2) is 10.2 Å². The number of hydrogen-bond donors (Lipinski definition) is 2. The van der Waals surface area contributed by atoms with E-state index in [9.17, 15) is 9.59 Å². The first-order valence-electron chi connectivity index (χ1n) is 11.3. The third-order valence-corrected chi connectivity index (χ3v) is 7.11. The molecule has 190 valence electrons. The number of aryl methyl sites for hydroxylation is 1. The number of rotatable bonds is 6. The van der Waals surface area contributed by atoms with Crippen LogP contribution in [0.2, 0.25) is 5.02 Å². The lowest BCUT2D eigenvalue weighted by molar-refractivity contribution is 0.0699. The molecule has 3 aromatic carbocycles. The number of esters is 1. The molecule has 0 radical (unpaired) electrons. The first kappa shape index (κ1) is 26.0. The van der Waals surface area contributed by atoms with E-state index in [1.54, 1.807) is 24.3 Å². The molecule has 0 aliphatic carbocycles. The average Bonchev–Trinajstić information content (AvgIpc) is 3.56. The van der Waals surface area contributed by atoms with Crippen LogP contribution in [-0.2, 0) is 0 Å². The maximum atomic E-state index is 13.4. The van der Waals surface area contributed by atoms with Gasteiger partial charge in [0.05, 0.1) is 17.0 Å². The van der Waals surface area contributed by atoms with Crippen molar-refractivity contribution in [3.8, 4) is 16.9 Å². The van der Waals surface area contributed by atoms with Crippen molar-refractivity contribution in [1.29, 1.82) is 0 Å². The second-order valence-corrected chi connectivity index (χ2v) is 10.4. The van der Waals surface area contributed by atoms with E-state index in [0.29, 0.717) is 30.8 Å². The highest BCUT2D eigenvalue weighted by atomic mass is 79.9. The first-order chi connectivity index (χ1) is 18.3. The molecule has 38 heavy (non-hydrogen) atoms. The van der Waals surface area contributed by atoms with Crippen LogP contribution in [-0.4, -0.2) is 23.1 Å². The number of carbonyl (C=O) groups is 2. The molecule has 0 unspecified atom stereocenters. The van der Waals surface area contributed by atoms with Crippen LogP contribution < -0.4 is 10.2 Å². The zero-order valence-electron chi connectivity index (χ0n) is 19.7. The van der Waals surface area contributed by atoms with Crippen LogP contribution in [0.25, 0.3) is 22.0 Å². The smallest absolute Gasteiger partial charge is 0.379 e. The van der Waals surface area contributed by atoms with Crippen LogP contribution >= 0.6 is 43.5 Å². The quantitative estimate of drug-likeness (QED) is 0.0842. The Kier molecular flexibility index (Phi) is 7.51. The maximum absolute atomic E-state index is 13.4. The number of amides is 1. The molecule has 0 fully saturated rings. The Labute approximate surface area is 239 Å². The molecule has 0 atom stereocenters. The SMILES string of the molecule is Cc1cccc2c(-c3ccccc3Cl)c(C(=O)NN=Cc3cc(Br)cc(Br)c3OC(=O)c3ccco3)[nH]c12. The normalized spacial score (nSPS) is 11.3. The highest BCUT2D eigenvalue weighted by Crippen LogP contribution is 2.37. The van der Waals surface area contributed by atoms with Crippen LogP contribution in [0.15, 0.2) is 91.5 Å². The van der Waals surface area contributed by atoms with E-state index >= 15 is 0 Å². The Morgan fingerprint density at radius 3 is 2.66 bits per heavy atom. The minimum atomic E-state index is -0.672. The Bertz CT molecular complexity index is 1710. The molecule has 0 bridgehead atoms. The van der Waals surface area contributed by atoms with E-state index in [0.717, 1.165) is 22.0 Å². The van der Waals surface area contributed by atoms with Gasteiger partial charge in [-0.3, -0.25) is 4.79 Å². The van der Waals surface area contributed by atoms with Crippen molar-refractivity contribution in [1.82, 2.24) is 10.4 Å². The zero-order valence-corrected chi connectivity index (χ0v) is 23.6. The number of aromatic nitrogens is 1. The maximum Gasteiger partial charge on any atom is 0.379 e. The largest absolute Gasteiger partial charge is 0.457 e. The van der Waals surface area contributed by atoms with Crippen molar-refractivity contribution in [3.63, 3.8) is 0 Å². The van der Waals surface area contributed by atoms with Crippen LogP contribution in [0.5, 0.6) is 5.75 Å². The summed E-state index contributed by atoms with van der Waals surface area (Å²) < 4.78 is 11.9. The van der Waals surface area contributed by atoms with E-state index < -0.39 is 11.9 Å². The van der Waals surface area contributed by atoms with Gasteiger partial charge < -0.3 is 14.1 Å². The molecule has 7 nitrogen and oxygen atoms in total. The fourth-order valence-corrected chi connectivity index (χ4v) is 5.59. The topological polar surface area (TPSA) is 96.7 Å². The number of para-hydroxylation sites is 1. The predicted octanol–water partition coefficient (Wildman–Crippen LogP) is 7.90. The molecule has 2 N–H and O–H groups in total. The number of carbonyl (C=O) groups excluding carboxylic acids is 2. The lowest BCUT2D eigenvalue weighted by atomic mass is 10.0. The third kappa shape index (κ3) is 5.18. The molecule has 0 saturated heterocycles. The highest BCUT2D eigenvalue weighted by Gasteiger charge is 2.22. The predicted molar refractivity (Wildman–Crippen MR) is 154 cm³/mol. The molecule has 10 heteroatoms. The Morgan fingerprint density at radius 2 is 1.89 bits per heavy atom. The van der Waals surface area contributed by atoms with E-state index in [1.165, 1.54) is 18.5 Å². The molecule has 0 spiro atoms. The summed E-state index contributed by atoms with van der Waals surface area (Å²) in [5.41, 5.74) is 6.55. The first-order valence-corrected chi connectivity index (χ1v) is 13.2. The van der Waals surface area contributed by atoms with Crippen LogP contribution in [0.4, 0.5) is 0 Å². The summed E-state index contributed by atoms with van der Waals surface area (Å²) in [6.45, 7) is 1.96. The van der Waals surface area contributed by atoms with Gasteiger partial charge in [-0.1, -0.05) is 63.9 Å². The van der Waals surface area contributed by atoms with E-state index in [2.05, 4.69) is 47.4 Å². The van der Waals surface area contributed by atoms with E-state index in [4.69, 9.17) is 20.8 Å². The van der Waals surface area contributed by atoms with Gasteiger partial charge in [-0.15, -0.1) is 0 Å². The lowest BCUT2D eigenvalue weighted by Crippen LogP contribution is -2.19. The number of halogens is 3. The number of benzene rings is 3. The van der Waals surface area contributed by atoms with Gasteiger partial charge in [-0.05, 0) is 58.7 Å². The molecule has 0 aliphatic heterocycles. The number of nitrogens with one attached hydrogen (secondary N) is 2. The van der Waals surface area contributed by atoms with Crippen molar-refractivity contribution < 1.29 is 18.7 Å². The monoisotopic (exact) mass is 653 g/mol. The van der Waals surface area contributed by atoms with Crippen molar-refractivity contribution in [3.05, 3.63) is 110 Å². The number of hydrogen-bond acceptors (Lipinski definition) is 5. The Morgan fingerprint density at radius 1 is 1.08 bits per heavy atom. The van der Waals surface area contributed by atoms with Gasteiger partial charge in [-0.2, -0.15) is 5.10 Å². The molecular formula is C28H18Br2ClN3O4. The molecule has 2 aromatic heterocycles. The number of nitrogens with zero attached hydrogens (tertiary/aromatic N) is 1. The Hall–Kier alpha value is -3.66. The molecular weight excluding hydrogens is 638 g/mol. The number of H-pyrrole nitrogens is 1. The zero-order chi connectivity index (χ0) is 26.8. The summed E-state index contributed by atoms with van der Waals surface area (Å²) in [7, 11) is 0. The fraction of sp³-hybridized carbons (Fsp3) is 0.0357. The van der Waals surface area contributed by atoms with Gasteiger partial charge in [0, 0.05) is 37.1 Å². The minimum Gasteiger partial charge on any atom is -0.457 e. The van der Waals surface area contributed by atoms with Crippen LogP contribution in [0.1, 0.15) is 32.2 Å². The van der Waals surface area contributed by atoms with Crippen molar-refractivity contribution in [2.75, 3.05) is 0 Å². The number of hydrazone groups is 1. The van der Waals surface area contributed by atoms with Gasteiger partial charge >= 0.3 is 5.97 Å². The van der Waals surface area contributed by atoms with E-state index in [1.807, 2.05) is 43.3 Å². The second kappa shape index (κ2) is 11.0. The van der Waals surface area contributed by atoms with Gasteiger partial charge in [0.25, 0.3) is 5.91 Å². The summed E-state index contributed by atoms with van der Waals surface area (Å²) >= 11 is 13.3. The molecule has 5 aromatic rings. The minimum absolute atomic E-state index is 0.0530. The second-order valence-electron chi connectivity index (χ2n) is 8.22. The lowest BCUT2D eigenvalue weighted by Gasteiger charge is -2.10. The van der Waals surface area contributed by atoms with E-state index in [-0.39, 0.29) is 11.5 Å². The number of furan rings is 1. The summed E-state index contributed by atoms with van der Waals surface area (Å²) in [5, 5.41) is 5.54.